The van der Waals surface area contributed by atoms with Crippen molar-refractivity contribution >= 4 is 46.4 Å². The molecule has 7 heteroatoms. The Morgan fingerprint density at radius 1 is 1.15 bits per heavy atom. The van der Waals surface area contributed by atoms with Crippen LogP contribution >= 0.6 is 23.4 Å². The van der Waals surface area contributed by atoms with E-state index in [4.69, 9.17) is 16.0 Å². The number of imidazole rings is 1. The second kappa shape index (κ2) is 7.34. The van der Waals surface area contributed by atoms with E-state index in [1.807, 2.05) is 36.4 Å². The van der Waals surface area contributed by atoms with Gasteiger partial charge in [0.1, 0.15) is 16.4 Å². The van der Waals surface area contributed by atoms with Crippen LogP contribution in [0.1, 0.15) is 5.76 Å². The number of hydrogen-bond acceptors (Lipinski definition) is 4. The first kappa shape index (κ1) is 17.5. The van der Waals surface area contributed by atoms with E-state index in [9.17, 15) is 9.90 Å². The number of benzene rings is 2. The van der Waals surface area contributed by atoms with Gasteiger partial charge < -0.3 is 14.5 Å². The molecular weight excluding hydrogens is 384 g/mol. The molecule has 0 aliphatic carbocycles. The van der Waals surface area contributed by atoms with E-state index in [0.717, 1.165) is 28.4 Å². The minimum atomic E-state index is -1.05. The quantitative estimate of drug-likeness (QED) is 0.334. The van der Waals surface area contributed by atoms with Crippen molar-refractivity contribution in [2.75, 3.05) is 0 Å². The molecule has 0 aliphatic heterocycles. The average molecular weight is 397 g/mol. The fourth-order valence-corrected chi connectivity index (χ4v) is 3.54. The van der Waals surface area contributed by atoms with E-state index in [-0.39, 0.29) is 4.91 Å². The summed E-state index contributed by atoms with van der Waals surface area (Å²) >= 11 is 7.04. The Bertz CT molecular complexity index is 1130. The van der Waals surface area contributed by atoms with Gasteiger partial charge in [0, 0.05) is 16.7 Å². The van der Waals surface area contributed by atoms with Gasteiger partial charge in [-0.2, -0.15) is 0 Å². The van der Waals surface area contributed by atoms with E-state index in [1.165, 1.54) is 6.08 Å². The number of H-pyrrole nitrogens is 1. The smallest absolute Gasteiger partial charge is 0.342 e. The zero-order valence-corrected chi connectivity index (χ0v) is 15.4. The fourth-order valence-electron chi connectivity index (χ4n) is 2.57. The number of fused-ring (bicyclic) bond motifs is 1. The molecule has 0 atom stereocenters. The van der Waals surface area contributed by atoms with Crippen LogP contribution < -0.4 is 0 Å². The third kappa shape index (κ3) is 3.92. The SMILES string of the molecule is O=C(O)/C(=C/c1ccc(-c2cccc(Cl)c2)o1)Sc1nc2ccccc2[nH]1. The van der Waals surface area contributed by atoms with Gasteiger partial charge in [-0.25, -0.2) is 9.78 Å². The summed E-state index contributed by atoms with van der Waals surface area (Å²) in [7, 11) is 0. The van der Waals surface area contributed by atoms with Crippen LogP contribution in [0.15, 0.2) is 75.1 Å². The number of carboxylic acid groups (broad SMARTS) is 1. The minimum Gasteiger partial charge on any atom is -0.477 e. The summed E-state index contributed by atoms with van der Waals surface area (Å²) in [6, 6.07) is 18.3. The largest absolute Gasteiger partial charge is 0.477 e. The number of aromatic nitrogens is 2. The maximum atomic E-state index is 11.7. The first-order valence-corrected chi connectivity index (χ1v) is 9.21. The highest BCUT2D eigenvalue weighted by Crippen LogP contribution is 2.30. The Morgan fingerprint density at radius 2 is 2.00 bits per heavy atom. The topological polar surface area (TPSA) is 79.1 Å². The predicted molar refractivity (Wildman–Crippen MR) is 107 cm³/mol. The number of halogens is 1. The number of nitrogens with one attached hydrogen (secondary N) is 1. The van der Waals surface area contributed by atoms with Crippen molar-refractivity contribution in [3.05, 3.63) is 76.4 Å². The molecule has 4 rings (SSSR count). The molecule has 2 aromatic heterocycles. The van der Waals surface area contributed by atoms with Crippen molar-refractivity contribution in [1.82, 2.24) is 9.97 Å². The van der Waals surface area contributed by atoms with Gasteiger partial charge in [-0.05, 0) is 48.2 Å². The molecule has 0 fully saturated rings. The van der Waals surface area contributed by atoms with E-state index in [1.54, 1.807) is 24.3 Å². The lowest BCUT2D eigenvalue weighted by molar-refractivity contribution is -0.131. The maximum absolute atomic E-state index is 11.7. The number of rotatable bonds is 5. The van der Waals surface area contributed by atoms with Crippen LogP contribution in [-0.4, -0.2) is 21.0 Å². The lowest BCUT2D eigenvalue weighted by atomic mass is 10.2. The van der Waals surface area contributed by atoms with Gasteiger partial charge in [-0.1, -0.05) is 35.9 Å². The van der Waals surface area contributed by atoms with E-state index < -0.39 is 5.97 Å². The summed E-state index contributed by atoms with van der Waals surface area (Å²) < 4.78 is 5.76. The zero-order chi connectivity index (χ0) is 18.8. The summed E-state index contributed by atoms with van der Waals surface area (Å²) in [5, 5.41) is 10.7. The zero-order valence-electron chi connectivity index (χ0n) is 13.8. The van der Waals surface area contributed by atoms with Gasteiger partial charge in [0.05, 0.1) is 11.0 Å². The van der Waals surface area contributed by atoms with E-state index in [0.29, 0.717) is 21.7 Å². The van der Waals surface area contributed by atoms with Crippen LogP contribution in [0, 0.1) is 0 Å². The molecule has 4 aromatic rings. The second-order valence-corrected chi connectivity index (χ2v) is 7.15. The van der Waals surface area contributed by atoms with Crippen molar-refractivity contribution in [2.45, 2.75) is 5.16 Å². The molecule has 134 valence electrons. The van der Waals surface area contributed by atoms with Gasteiger partial charge >= 0.3 is 5.97 Å². The number of aromatic amines is 1. The predicted octanol–water partition coefficient (Wildman–Crippen LogP) is 5.69. The highest BCUT2D eigenvalue weighted by Gasteiger charge is 2.14. The third-order valence-corrected chi connectivity index (χ3v) is 4.93. The molecule has 0 aliphatic rings. The standard InChI is InChI=1S/C20H13ClN2O3S/c21-13-5-3-4-12(10-13)17-9-8-14(26-17)11-18(19(24)25)27-20-22-15-6-1-2-7-16(15)23-20/h1-11H,(H,22,23)(H,24,25)/b18-11-. The highest BCUT2D eigenvalue weighted by atomic mass is 35.5. The number of para-hydroxylation sites is 2. The number of hydrogen-bond donors (Lipinski definition) is 2. The molecular formula is C20H13ClN2O3S. The van der Waals surface area contributed by atoms with Gasteiger partial charge in [-0.15, -0.1) is 0 Å². The molecule has 2 aromatic carbocycles. The van der Waals surface area contributed by atoms with Crippen LogP contribution in [-0.2, 0) is 4.79 Å². The fraction of sp³-hybridized carbons (Fsp3) is 0. The normalized spacial score (nSPS) is 11.8. The van der Waals surface area contributed by atoms with Crippen LogP contribution in [0.3, 0.4) is 0 Å². The molecule has 27 heavy (non-hydrogen) atoms. The minimum absolute atomic E-state index is 0.0982. The molecule has 0 bridgehead atoms. The van der Waals surface area contributed by atoms with E-state index >= 15 is 0 Å². The van der Waals surface area contributed by atoms with Gasteiger partial charge in [0.25, 0.3) is 0 Å². The van der Waals surface area contributed by atoms with Crippen molar-refractivity contribution in [3.8, 4) is 11.3 Å². The average Bonchev–Trinajstić information content (AvgIpc) is 3.27. The second-order valence-electron chi connectivity index (χ2n) is 5.69. The van der Waals surface area contributed by atoms with Crippen LogP contribution in [0.2, 0.25) is 5.02 Å². The van der Waals surface area contributed by atoms with Crippen molar-refractivity contribution < 1.29 is 14.3 Å². The molecule has 0 unspecified atom stereocenters. The molecule has 0 saturated carbocycles. The Kier molecular flexibility index (Phi) is 4.75. The lowest BCUT2D eigenvalue weighted by Crippen LogP contribution is -1.96. The number of carboxylic acids is 1. The van der Waals surface area contributed by atoms with Crippen LogP contribution in [0.25, 0.3) is 28.4 Å². The summed E-state index contributed by atoms with van der Waals surface area (Å²) in [4.78, 5) is 19.3. The molecule has 0 saturated heterocycles. The Labute approximate surface area is 163 Å². The lowest BCUT2D eigenvalue weighted by Gasteiger charge is -1.99. The number of thioether (sulfide) groups is 1. The molecule has 0 amide bonds. The summed E-state index contributed by atoms with van der Waals surface area (Å²) in [5.41, 5.74) is 2.46. The Balaban J connectivity index is 1.62. The van der Waals surface area contributed by atoms with Gasteiger partial charge in [-0.3, -0.25) is 0 Å². The van der Waals surface area contributed by atoms with Crippen molar-refractivity contribution in [1.29, 1.82) is 0 Å². The molecule has 0 spiro atoms. The Hall–Kier alpha value is -2.96. The molecule has 2 heterocycles. The summed E-state index contributed by atoms with van der Waals surface area (Å²) in [6.45, 7) is 0. The number of carbonyl (C=O) groups is 1. The monoisotopic (exact) mass is 396 g/mol. The summed E-state index contributed by atoms with van der Waals surface area (Å²) in [5.74, 6) is -0.00521. The number of furan rings is 1. The first-order valence-electron chi connectivity index (χ1n) is 8.02. The van der Waals surface area contributed by atoms with Crippen LogP contribution in [0.5, 0.6) is 0 Å². The maximum Gasteiger partial charge on any atom is 0.342 e. The van der Waals surface area contributed by atoms with Crippen molar-refractivity contribution in [3.63, 3.8) is 0 Å². The number of aliphatic carboxylic acids is 1. The molecule has 2 N–H and O–H groups in total. The third-order valence-electron chi connectivity index (χ3n) is 3.79. The molecule has 0 radical (unpaired) electrons. The first-order chi connectivity index (χ1) is 13.1. The van der Waals surface area contributed by atoms with Gasteiger partial charge in [0.2, 0.25) is 0 Å². The Morgan fingerprint density at radius 3 is 2.78 bits per heavy atom. The summed E-state index contributed by atoms with van der Waals surface area (Å²) in [6.07, 6.45) is 1.48. The number of nitrogens with zero attached hydrogens (tertiary/aromatic N) is 1. The van der Waals surface area contributed by atoms with E-state index in [2.05, 4.69) is 9.97 Å². The van der Waals surface area contributed by atoms with Crippen molar-refractivity contribution in [2.24, 2.45) is 0 Å². The van der Waals surface area contributed by atoms with Gasteiger partial charge in [0.15, 0.2) is 5.16 Å². The molecule has 5 nitrogen and oxygen atoms in total. The van der Waals surface area contributed by atoms with Crippen LogP contribution in [0.4, 0.5) is 0 Å². The highest BCUT2D eigenvalue weighted by molar-refractivity contribution is 8.04.